The quantitative estimate of drug-likeness (QED) is 0.404. The fraction of sp³-hybridized carbons (Fsp3) is 0.375. The number of thioether (sulfide) groups is 1. The highest BCUT2D eigenvalue weighted by Crippen LogP contribution is 2.24. The minimum absolute atomic E-state index is 0.114. The molecule has 0 radical (unpaired) electrons. The van der Waals surface area contributed by atoms with Gasteiger partial charge in [-0.25, -0.2) is 0 Å². The minimum atomic E-state index is 0.114. The van der Waals surface area contributed by atoms with Crippen molar-refractivity contribution in [2.45, 2.75) is 44.8 Å². The van der Waals surface area contributed by atoms with Gasteiger partial charge in [-0.05, 0) is 69.1 Å². The van der Waals surface area contributed by atoms with E-state index in [1.807, 2.05) is 43.3 Å². The molecular weight excluding hydrogens is 392 g/mol. The second kappa shape index (κ2) is 9.58. The predicted molar refractivity (Wildman–Crippen MR) is 121 cm³/mol. The smallest absolute Gasteiger partial charge is 0.196 e. The largest absolute Gasteiger partial charge is 0.296 e. The third kappa shape index (κ3) is 4.82. The van der Waals surface area contributed by atoms with Crippen LogP contribution in [-0.2, 0) is 6.54 Å². The van der Waals surface area contributed by atoms with Gasteiger partial charge in [0.1, 0.15) is 0 Å². The molecule has 5 nitrogen and oxygen atoms in total. The molecule has 30 heavy (non-hydrogen) atoms. The number of likely N-dealkylation sites (tertiary alicyclic amines) is 1. The topological polar surface area (TPSA) is 51.0 Å². The number of carbonyl (C=O) groups excluding carboxylic acids is 1. The van der Waals surface area contributed by atoms with Crippen molar-refractivity contribution >= 4 is 17.5 Å². The zero-order chi connectivity index (χ0) is 20.9. The summed E-state index contributed by atoms with van der Waals surface area (Å²) in [7, 11) is 0. The number of ketones is 1. The van der Waals surface area contributed by atoms with Crippen LogP contribution in [0.1, 0.15) is 46.6 Å². The number of para-hydroxylation sites is 1. The highest BCUT2D eigenvalue weighted by molar-refractivity contribution is 7.99. The number of nitrogens with zero attached hydrogens (tertiary/aromatic N) is 4. The number of hydrogen-bond donors (Lipinski definition) is 0. The van der Waals surface area contributed by atoms with Crippen LogP contribution < -0.4 is 0 Å². The van der Waals surface area contributed by atoms with Gasteiger partial charge in [0, 0.05) is 11.3 Å². The van der Waals surface area contributed by atoms with E-state index in [2.05, 4.69) is 38.7 Å². The highest BCUT2D eigenvalue weighted by Gasteiger charge is 2.19. The van der Waals surface area contributed by atoms with E-state index >= 15 is 0 Å². The zero-order valence-corrected chi connectivity index (χ0v) is 18.5. The molecule has 1 saturated heterocycles. The highest BCUT2D eigenvalue weighted by atomic mass is 32.2. The molecule has 1 aromatic heterocycles. The Hall–Kier alpha value is -2.44. The molecule has 4 rings (SSSR count). The summed E-state index contributed by atoms with van der Waals surface area (Å²) in [6.07, 6.45) is 3.79. The molecule has 0 saturated carbocycles. The van der Waals surface area contributed by atoms with Gasteiger partial charge in [-0.2, -0.15) is 0 Å². The monoisotopic (exact) mass is 420 g/mol. The molecule has 1 aliphatic rings. The van der Waals surface area contributed by atoms with Crippen LogP contribution in [0.15, 0.2) is 53.7 Å². The fourth-order valence-corrected chi connectivity index (χ4v) is 4.64. The van der Waals surface area contributed by atoms with Crippen LogP contribution in [0.25, 0.3) is 5.69 Å². The standard InChI is InChI=1S/C24H28N4OS/c1-18-11-12-20(15-19(18)2)22(29)17-30-24-26-25-23(16-27-13-7-4-8-14-27)28(24)21-9-5-3-6-10-21/h3,5-6,9-12,15H,4,7-8,13-14,16-17H2,1-2H3. The molecule has 2 heterocycles. The van der Waals surface area contributed by atoms with Gasteiger partial charge in [0.25, 0.3) is 0 Å². The van der Waals surface area contributed by atoms with Gasteiger partial charge in [-0.1, -0.05) is 48.5 Å². The summed E-state index contributed by atoms with van der Waals surface area (Å²) in [5.74, 6) is 1.39. The van der Waals surface area contributed by atoms with E-state index in [-0.39, 0.29) is 5.78 Å². The number of Topliss-reactive ketones (excluding diaryl/α,β-unsaturated/α-hetero) is 1. The molecule has 0 bridgehead atoms. The summed E-state index contributed by atoms with van der Waals surface area (Å²) < 4.78 is 2.10. The number of aromatic nitrogens is 3. The number of rotatable bonds is 7. The maximum atomic E-state index is 12.8. The first-order valence-electron chi connectivity index (χ1n) is 10.6. The molecule has 156 valence electrons. The molecule has 0 aliphatic carbocycles. The Morgan fingerprint density at radius 3 is 2.47 bits per heavy atom. The average molecular weight is 421 g/mol. The first-order valence-corrected chi connectivity index (χ1v) is 11.6. The summed E-state index contributed by atoms with van der Waals surface area (Å²) in [6, 6.07) is 16.1. The normalized spacial score (nSPS) is 14.7. The predicted octanol–water partition coefficient (Wildman–Crippen LogP) is 4.85. The number of hydrogen-bond acceptors (Lipinski definition) is 5. The molecule has 0 amide bonds. The first kappa shape index (κ1) is 20.8. The molecule has 2 aromatic carbocycles. The van der Waals surface area contributed by atoms with Crippen molar-refractivity contribution in [3.05, 3.63) is 71.0 Å². The summed E-state index contributed by atoms with van der Waals surface area (Å²) in [5.41, 5.74) is 4.13. The van der Waals surface area contributed by atoms with E-state index in [0.29, 0.717) is 5.75 Å². The lowest BCUT2D eigenvalue weighted by atomic mass is 10.0. The zero-order valence-electron chi connectivity index (χ0n) is 17.7. The Kier molecular flexibility index (Phi) is 6.65. The Morgan fingerprint density at radius 1 is 0.967 bits per heavy atom. The van der Waals surface area contributed by atoms with Crippen LogP contribution in [0.5, 0.6) is 0 Å². The van der Waals surface area contributed by atoms with Crippen molar-refractivity contribution in [2.75, 3.05) is 18.8 Å². The molecule has 0 atom stereocenters. The van der Waals surface area contributed by atoms with Gasteiger partial charge in [-0.15, -0.1) is 10.2 Å². The van der Waals surface area contributed by atoms with E-state index < -0.39 is 0 Å². The number of aryl methyl sites for hydroxylation is 2. The molecule has 0 N–H and O–H groups in total. The fourth-order valence-electron chi connectivity index (χ4n) is 3.78. The molecule has 0 spiro atoms. The molecule has 0 unspecified atom stereocenters. The van der Waals surface area contributed by atoms with E-state index in [1.54, 1.807) is 0 Å². The van der Waals surface area contributed by atoms with Crippen molar-refractivity contribution < 1.29 is 4.79 Å². The number of benzene rings is 2. The van der Waals surface area contributed by atoms with Gasteiger partial charge in [0.05, 0.1) is 12.3 Å². The molecule has 6 heteroatoms. The van der Waals surface area contributed by atoms with Gasteiger partial charge < -0.3 is 0 Å². The van der Waals surface area contributed by atoms with Crippen molar-refractivity contribution in [1.29, 1.82) is 0 Å². The van der Waals surface area contributed by atoms with E-state index in [1.165, 1.54) is 36.6 Å². The maximum absolute atomic E-state index is 12.8. The number of piperidine rings is 1. The summed E-state index contributed by atoms with van der Waals surface area (Å²) in [4.78, 5) is 15.2. The van der Waals surface area contributed by atoms with Crippen LogP contribution in [0.2, 0.25) is 0 Å². The van der Waals surface area contributed by atoms with Crippen molar-refractivity contribution in [1.82, 2.24) is 19.7 Å². The van der Waals surface area contributed by atoms with Gasteiger partial charge in [-0.3, -0.25) is 14.3 Å². The minimum Gasteiger partial charge on any atom is -0.296 e. The first-order chi connectivity index (χ1) is 14.6. The van der Waals surface area contributed by atoms with Crippen LogP contribution in [0.4, 0.5) is 0 Å². The van der Waals surface area contributed by atoms with Crippen LogP contribution in [-0.4, -0.2) is 44.3 Å². The summed E-state index contributed by atoms with van der Waals surface area (Å²) in [6.45, 7) is 7.10. The Labute approximate surface area is 182 Å². The molecule has 3 aromatic rings. The Bertz CT molecular complexity index is 1010. The number of carbonyl (C=O) groups is 1. The van der Waals surface area contributed by atoms with Gasteiger partial charge in [0.2, 0.25) is 0 Å². The van der Waals surface area contributed by atoms with Crippen molar-refractivity contribution in [3.8, 4) is 5.69 Å². The second-order valence-corrected chi connectivity index (χ2v) is 8.86. The molecule has 1 fully saturated rings. The summed E-state index contributed by atoms with van der Waals surface area (Å²) >= 11 is 1.46. The lowest BCUT2D eigenvalue weighted by Crippen LogP contribution is -2.30. The average Bonchev–Trinajstić information content (AvgIpc) is 3.17. The SMILES string of the molecule is Cc1ccc(C(=O)CSc2nnc(CN3CCCCC3)n2-c2ccccc2)cc1C. The van der Waals surface area contributed by atoms with Crippen LogP contribution in [0.3, 0.4) is 0 Å². The molecular formula is C24H28N4OS. The Balaban J connectivity index is 1.54. The van der Waals surface area contributed by atoms with Gasteiger partial charge >= 0.3 is 0 Å². The van der Waals surface area contributed by atoms with Crippen LogP contribution >= 0.6 is 11.8 Å². The maximum Gasteiger partial charge on any atom is 0.196 e. The third-order valence-corrected chi connectivity index (χ3v) is 6.62. The summed E-state index contributed by atoms with van der Waals surface area (Å²) in [5, 5.41) is 9.72. The van der Waals surface area contributed by atoms with Crippen LogP contribution in [0, 0.1) is 13.8 Å². The second-order valence-electron chi connectivity index (χ2n) is 7.92. The lowest BCUT2D eigenvalue weighted by Gasteiger charge is -2.26. The third-order valence-electron chi connectivity index (χ3n) is 5.69. The lowest BCUT2D eigenvalue weighted by molar-refractivity contribution is 0.102. The van der Waals surface area contributed by atoms with E-state index in [4.69, 9.17) is 0 Å². The Morgan fingerprint density at radius 2 is 1.73 bits per heavy atom. The van der Waals surface area contributed by atoms with E-state index in [9.17, 15) is 4.79 Å². The van der Waals surface area contributed by atoms with E-state index in [0.717, 1.165) is 47.4 Å². The van der Waals surface area contributed by atoms with Gasteiger partial charge in [0.15, 0.2) is 16.8 Å². The van der Waals surface area contributed by atoms with Crippen molar-refractivity contribution in [2.24, 2.45) is 0 Å². The molecule has 1 aliphatic heterocycles. The van der Waals surface area contributed by atoms with Crippen molar-refractivity contribution in [3.63, 3.8) is 0 Å².